The molecule has 0 aliphatic rings. The smallest absolute Gasteiger partial charge is 0.318 e. The lowest BCUT2D eigenvalue weighted by Crippen LogP contribution is -2.40. The van der Waals surface area contributed by atoms with Crippen molar-refractivity contribution in [3.63, 3.8) is 0 Å². The third kappa shape index (κ3) is 3.76. The second-order valence-corrected chi connectivity index (χ2v) is 4.33. The van der Waals surface area contributed by atoms with E-state index in [9.17, 15) is 9.59 Å². The Labute approximate surface area is 116 Å². The van der Waals surface area contributed by atoms with E-state index in [-0.39, 0.29) is 6.54 Å². The van der Waals surface area contributed by atoms with E-state index < -0.39 is 11.9 Å². The number of pyridine rings is 1. The molecule has 2 aromatic rings. The number of imide groups is 1. The summed E-state index contributed by atoms with van der Waals surface area (Å²) >= 11 is 0. The lowest BCUT2D eigenvalue weighted by atomic mass is 10.1. The van der Waals surface area contributed by atoms with Crippen LogP contribution in [0.15, 0.2) is 36.5 Å². The molecule has 0 bridgehead atoms. The van der Waals surface area contributed by atoms with Crippen LogP contribution in [-0.2, 0) is 11.2 Å². The standard InChI is InChI=1S/C14H16N4O2/c15-14(20)18-12(19)9-16-8-6-11-4-1-3-10-5-2-7-17-13(10)11/h1-5,7,16H,6,8-9H2,(H3,15,18,19,20). The minimum absolute atomic E-state index is 0.0567. The third-order valence-corrected chi connectivity index (χ3v) is 2.84. The van der Waals surface area contributed by atoms with E-state index in [1.54, 1.807) is 6.20 Å². The first-order valence-corrected chi connectivity index (χ1v) is 6.29. The zero-order chi connectivity index (χ0) is 14.4. The Morgan fingerprint density at radius 3 is 2.80 bits per heavy atom. The summed E-state index contributed by atoms with van der Waals surface area (Å²) in [7, 11) is 0. The van der Waals surface area contributed by atoms with E-state index >= 15 is 0 Å². The van der Waals surface area contributed by atoms with Gasteiger partial charge in [0.2, 0.25) is 5.91 Å². The van der Waals surface area contributed by atoms with E-state index in [1.165, 1.54) is 0 Å². The summed E-state index contributed by atoms with van der Waals surface area (Å²) in [4.78, 5) is 26.0. The minimum atomic E-state index is -0.838. The molecule has 0 saturated heterocycles. The number of hydrogen-bond acceptors (Lipinski definition) is 4. The number of fused-ring (bicyclic) bond motifs is 1. The van der Waals surface area contributed by atoms with Gasteiger partial charge in [-0.15, -0.1) is 0 Å². The third-order valence-electron chi connectivity index (χ3n) is 2.84. The number of carbonyl (C=O) groups excluding carboxylic acids is 2. The van der Waals surface area contributed by atoms with Gasteiger partial charge in [0.25, 0.3) is 0 Å². The van der Waals surface area contributed by atoms with Gasteiger partial charge >= 0.3 is 6.03 Å². The van der Waals surface area contributed by atoms with Gasteiger partial charge < -0.3 is 11.1 Å². The maximum Gasteiger partial charge on any atom is 0.318 e. The number of hydrogen-bond donors (Lipinski definition) is 3. The quantitative estimate of drug-likeness (QED) is 0.693. The normalized spacial score (nSPS) is 10.4. The second-order valence-electron chi connectivity index (χ2n) is 4.33. The fourth-order valence-corrected chi connectivity index (χ4v) is 1.98. The molecule has 6 nitrogen and oxygen atoms in total. The molecule has 3 amide bonds. The number of amides is 3. The molecule has 0 atom stereocenters. The minimum Gasteiger partial charge on any atom is -0.351 e. The number of carbonyl (C=O) groups is 2. The summed E-state index contributed by atoms with van der Waals surface area (Å²) in [6.07, 6.45) is 2.51. The van der Waals surface area contributed by atoms with E-state index in [1.807, 2.05) is 35.6 Å². The van der Waals surface area contributed by atoms with Gasteiger partial charge in [-0.1, -0.05) is 24.3 Å². The lowest BCUT2D eigenvalue weighted by molar-refractivity contribution is -0.119. The first-order valence-electron chi connectivity index (χ1n) is 6.29. The van der Waals surface area contributed by atoms with E-state index in [4.69, 9.17) is 5.73 Å². The van der Waals surface area contributed by atoms with Crippen LogP contribution in [-0.4, -0.2) is 30.0 Å². The molecule has 0 aliphatic carbocycles. The highest BCUT2D eigenvalue weighted by atomic mass is 16.2. The number of nitrogens with two attached hydrogens (primary N) is 1. The zero-order valence-electron chi connectivity index (χ0n) is 10.9. The predicted octanol–water partition coefficient (Wildman–Crippen LogP) is 0.562. The number of aromatic nitrogens is 1. The highest BCUT2D eigenvalue weighted by molar-refractivity contribution is 5.94. The Morgan fingerprint density at radius 2 is 2.00 bits per heavy atom. The molecule has 1 aromatic carbocycles. The van der Waals surface area contributed by atoms with Crippen LogP contribution < -0.4 is 16.4 Å². The molecule has 104 valence electrons. The van der Waals surface area contributed by atoms with Crippen LogP contribution in [0.4, 0.5) is 4.79 Å². The first-order chi connectivity index (χ1) is 9.66. The first kappa shape index (κ1) is 14.0. The molecule has 0 fully saturated rings. The van der Waals surface area contributed by atoms with Crippen LogP contribution in [0, 0.1) is 0 Å². The Balaban J connectivity index is 1.87. The Kier molecular flexibility index (Phi) is 4.62. The number of para-hydroxylation sites is 1. The van der Waals surface area contributed by atoms with Crippen molar-refractivity contribution in [2.45, 2.75) is 6.42 Å². The molecule has 0 radical (unpaired) electrons. The average molecular weight is 272 g/mol. The van der Waals surface area contributed by atoms with Gasteiger partial charge in [-0.25, -0.2) is 4.79 Å². The van der Waals surface area contributed by atoms with Crippen molar-refractivity contribution in [2.75, 3.05) is 13.1 Å². The molecular formula is C14H16N4O2. The molecule has 6 heteroatoms. The fourth-order valence-electron chi connectivity index (χ4n) is 1.98. The average Bonchev–Trinajstić information content (AvgIpc) is 2.43. The fraction of sp³-hybridized carbons (Fsp3) is 0.214. The van der Waals surface area contributed by atoms with Gasteiger partial charge in [0.1, 0.15) is 0 Å². The molecule has 0 spiro atoms. The summed E-state index contributed by atoms with van der Waals surface area (Å²) in [5.74, 6) is -0.437. The van der Waals surface area contributed by atoms with Crippen molar-refractivity contribution < 1.29 is 9.59 Å². The summed E-state index contributed by atoms with van der Waals surface area (Å²) in [6, 6.07) is 9.09. The van der Waals surface area contributed by atoms with Crippen molar-refractivity contribution in [3.8, 4) is 0 Å². The molecule has 4 N–H and O–H groups in total. The lowest BCUT2D eigenvalue weighted by Gasteiger charge is -2.07. The molecule has 1 heterocycles. The monoisotopic (exact) mass is 272 g/mol. The molecule has 20 heavy (non-hydrogen) atoms. The highest BCUT2D eigenvalue weighted by Crippen LogP contribution is 2.15. The Hall–Kier alpha value is -2.47. The largest absolute Gasteiger partial charge is 0.351 e. The van der Waals surface area contributed by atoms with Crippen LogP contribution in [0.25, 0.3) is 10.9 Å². The number of primary amides is 1. The van der Waals surface area contributed by atoms with E-state index in [0.717, 1.165) is 22.9 Å². The summed E-state index contributed by atoms with van der Waals surface area (Å²) < 4.78 is 0. The van der Waals surface area contributed by atoms with Crippen molar-refractivity contribution in [3.05, 3.63) is 42.1 Å². The second kappa shape index (κ2) is 6.63. The molecule has 0 aliphatic heterocycles. The van der Waals surface area contributed by atoms with Crippen LogP contribution >= 0.6 is 0 Å². The summed E-state index contributed by atoms with van der Waals surface area (Å²) in [5.41, 5.74) is 6.93. The van der Waals surface area contributed by atoms with Crippen LogP contribution in [0.1, 0.15) is 5.56 Å². The van der Waals surface area contributed by atoms with Gasteiger partial charge in [-0.2, -0.15) is 0 Å². The van der Waals surface area contributed by atoms with Crippen LogP contribution in [0.3, 0.4) is 0 Å². The van der Waals surface area contributed by atoms with Crippen molar-refractivity contribution >= 4 is 22.8 Å². The van der Waals surface area contributed by atoms with Crippen LogP contribution in [0.2, 0.25) is 0 Å². The number of rotatable bonds is 5. The number of nitrogens with one attached hydrogen (secondary N) is 2. The van der Waals surface area contributed by atoms with Gasteiger partial charge in [0.05, 0.1) is 12.1 Å². The maximum absolute atomic E-state index is 11.2. The predicted molar refractivity (Wildman–Crippen MR) is 76.0 cm³/mol. The van der Waals surface area contributed by atoms with Gasteiger partial charge in [0, 0.05) is 11.6 Å². The van der Waals surface area contributed by atoms with Crippen molar-refractivity contribution in [1.29, 1.82) is 0 Å². The summed E-state index contributed by atoms with van der Waals surface area (Å²) in [5, 5.41) is 6.05. The topological polar surface area (TPSA) is 97.1 Å². The van der Waals surface area contributed by atoms with Gasteiger partial charge in [-0.3, -0.25) is 15.1 Å². The molecule has 1 aromatic heterocycles. The molecule has 2 rings (SSSR count). The number of urea groups is 1. The maximum atomic E-state index is 11.2. The molecular weight excluding hydrogens is 256 g/mol. The number of nitrogens with zero attached hydrogens (tertiary/aromatic N) is 1. The highest BCUT2D eigenvalue weighted by Gasteiger charge is 2.04. The molecule has 0 unspecified atom stereocenters. The SMILES string of the molecule is NC(=O)NC(=O)CNCCc1cccc2cccnc12. The van der Waals surface area contributed by atoms with Crippen molar-refractivity contribution in [2.24, 2.45) is 5.73 Å². The van der Waals surface area contributed by atoms with Crippen LogP contribution in [0.5, 0.6) is 0 Å². The van der Waals surface area contributed by atoms with Crippen molar-refractivity contribution in [1.82, 2.24) is 15.6 Å². The van der Waals surface area contributed by atoms with E-state index in [0.29, 0.717) is 6.54 Å². The Bertz CT molecular complexity index is 622. The van der Waals surface area contributed by atoms with Gasteiger partial charge in [-0.05, 0) is 24.6 Å². The summed E-state index contributed by atoms with van der Waals surface area (Å²) in [6.45, 7) is 0.670. The van der Waals surface area contributed by atoms with Gasteiger partial charge in [0.15, 0.2) is 0 Å². The van der Waals surface area contributed by atoms with E-state index in [2.05, 4.69) is 10.3 Å². The zero-order valence-corrected chi connectivity index (χ0v) is 10.9. The Morgan fingerprint density at radius 1 is 1.20 bits per heavy atom. The number of benzene rings is 1. The molecule has 0 saturated carbocycles.